The molecule has 0 aromatic rings. The quantitative estimate of drug-likeness (QED) is 0.810. The first-order valence-corrected chi connectivity index (χ1v) is 7.23. The van der Waals surface area contributed by atoms with Gasteiger partial charge >= 0.3 is 0 Å². The topological polar surface area (TPSA) is 55.6 Å². The number of ether oxygens (including phenoxy) is 1. The highest BCUT2D eigenvalue weighted by Crippen LogP contribution is 2.31. The lowest BCUT2D eigenvalue weighted by Crippen LogP contribution is -2.50. The van der Waals surface area contributed by atoms with Crippen molar-refractivity contribution in [1.82, 2.24) is 4.90 Å². The number of amides is 1. The van der Waals surface area contributed by atoms with Crippen molar-refractivity contribution in [3.63, 3.8) is 0 Å². The molecule has 0 spiro atoms. The smallest absolute Gasteiger partial charge is 0.226 e. The van der Waals surface area contributed by atoms with Gasteiger partial charge in [-0.1, -0.05) is 13.3 Å². The first kappa shape index (κ1) is 13.8. The van der Waals surface area contributed by atoms with E-state index in [2.05, 4.69) is 13.8 Å². The molecule has 0 radical (unpaired) electrons. The van der Waals surface area contributed by atoms with Gasteiger partial charge in [0.2, 0.25) is 5.91 Å². The molecule has 4 heteroatoms. The van der Waals surface area contributed by atoms with Gasteiger partial charge in [0.1, 0.15) is 0 Å². The van der Waals surface area contributed by atoms with Crippen LogP contribution in [0.25, 0.3) is 0 Å². The lowest BCUT2D eigenvalue weighted by Gasteiger charge is -2.38. The van der Waals surface area contributed by atoms with Crippen molar-refractivity contribution < 1.29 is 9.53 Å². The molecule has 4 unspecified atom stereocenters. The third-order valence-corrected chi connectivity index (χ3v) is 4.50. The van der Waals surface area contributed by atoms with Gasteiger partial charge in [-0.3, -0.25) is 4.79 Å². The van der Waals surface area contributed by atoms with Crippen LogP contribution in [-0.4, -0.2) is 42.6 Å². The normalized spacial score (nSPS) is 35.3. The third kappa shape index (κ3) is 3.04. The predicted molar refractivity (Wildman–Crippen MR) is 71.1 cm³/mol. The number of rotatable bonds is 2. The molecular formula is C14H26N2O2. The van der Waals surface area contributed by atoms with Crippen molar-refractivity contribution in [3.05, 3.63) is 0 Å². The molecule has 1 heterocycles. The van der Waals surface area contributed by atoms with Gasteiger partial charge in [-0.05, 0) is 32.1 Å². The highest BCUT2D eigenvalue weighted by molar-refractivity contribution is 5.79. The largest absolute Gasteiger partial charge is 0.377 e. The van der Waals surface area contributed by atoms with Gasteiger partial charge in [0.05, 0.1) is 19.3 Å². The minimum atomic E-state index is 0.108. The lowest BCUT2D eigenvalue weighted by atomic mass is 9.78. The van der Waals surface area contributed by atoms with Crippen LogP contribution in [0, 0.1) is 11.8 Å². The van der Waals surface area contributed by atoms with Crippen LogP contribution in [0.4, 0.5) is 0 Å². The van der Waals surface area contributed by atoms with Crippen LogP contribution in [0.2, 0.25) is 0 Å². The van der Waals surface area contributed by atoms with Crippen molar-refractivity contribution in [3.8, 4) is 0 Å². The van der Waals surface area contributed by atoms with E-state index in [1.807, 2.05) is 4.90 Å². The Labute approximate surface area is 110 Å². The summed E-state index contributed by atoms with van der Waals surface area (Å²) in [4.78, 5) is 14.5. The van der Waals surface area contributed by atoms with Gasteiger partial charge < -0.3 is 15.4 Å². The lowest BCUT2D eigenvalue weighted by molar-refractivity contribution is -0.145. The van der Waals surface area contributed by atoms with Crippen molar-refractivity contribution in [2.75, 3.05) is 19.8 Å². The van der Waals surface area contributed by atoms with Crippen molar-refractivity contribution in [2.24, 2.45) is 17.6 Å². The van der Waals surface area contributed by atoms with Crippen LogP contribution in [0.1, 0.15) is 39.5 Å². The number of hydrogen-bond donors (Lipinski definition) is 1. The van der Waals surface area contributed by atoms with E-state index in [0.29, 0.717) is 31.1 Å². The van der Waals surface area contributed by atoms with E-state index in [4.69, 9.17) is 10.5 Å². The fraction of sp³-hybridized carbons (Fsp3) is 0.929. The van der Waals surface area contributed by atoms with E-state index >= 15 is 0 Å². The number of hydrogen-bond acceptors (Lipinski definition) is 3. The number of carbonyl (C=O) groups is 1. The van der Waals surface area contributed by atoms with Gasteiger partial charge in [-0.15, -0.1) is 0 Å². The first-order chi connectivity index (χ1) is 8.59. The molecule has 4 atom stereocenters. The fourth-order valence-corrected chi connectivity index (χ4v) is 3.24. The molecule has 1 aliphatic carbocycles. The summed E-state index contributed by atoms with van der Waals surface area (Å²) in [6, 6.07) is 0.507. The molecule has 1 saturated heterocycles. The zero-order valence-electron chi connectivity index (χ0n) is 11.6. The maximum absolute atomic E-state index is 12.5. The Balaban J connectivity index is 1.94. The highest BCUT2D eigenvalue weighted by Gasteiger charge is 2.33. The second-order valence-electron chi connectivity index (χ2n) is 5.93. The van der Waals surface area contributed by atoms with Crippen LogP contribution in [0.15, 0.2) is 0 Å². The molecule has 0 bridgehead atoms. The molecule has 1 saturated carbocycles. The van der Waals surface area contributed by atoms with Crippen LogP contribution in [-0.2, 0) is 9.53 Å². The Morgan fingerprint density at radius 1 is 1.44 bits per heavy atom. The molecule has 2 fully saturated rings. The van der Waals surface area contributed by atoms with Gasteiger partial charge in [-0.2, -0.15) is 0 Å². The number of nitrogens with two attached hydrogens (primary N) is 1. The third-order valence-electron chi connectivity index (χ3n) is 4.50. The van der Waals surface area contributed by atoms with Gasteiger partial charge in [0.25, 0.3) is 0 Å². The molecule has 2 aliphatic rings. The van der Waals surface area contributed by atoms with Crippen LogP contribution in [0.3, 0.4) is 0 Å². The predicted octanol–water partition coefficient (Wildman–Crippen LogP) is 1.39. The van der Waals surface area contributed by atoms with E-state index < -0.39 is 0 Å². The summed E-state index contributed by atoms with van der Waals surface area (Å²) >= 11 is 0. The summed E-state index contributed by atoms with van der Waals surface area (Å²) in [5, 5.41) is 0. The monoisotopic (exact) mass is 254 g/mol. The molecule has 0 aromatic carbocycles. The zero-order valence-corrected chi connectivity index (χ0v) is 11.6. The Bertz CT molecular complexity index is 296. The summed E-state index contributed by atoms with van der Waals surface area (Å²) in [5.41, 5.74) is 6.02. The summed E-state index contributed by atoms with van der Waals surface area (Å²) in [7, 11) is 0. The summed E-state index contributed by atoms with van der Waals surface area (Å²) < 4.78 is 5.39. The second kappa shape index (κ2) is 6.02. The maximum Gasteiger partial charge on any atom is 0.226 e. The Morgan fingerprint density at radius 2 is 2.22 bits per heavy atom. The van der Waals surface area contributed by atoms with Gasteiger partial charge in [-0.25, -0.2) is 0 Å². The summed E-state index contributed by atoms with van der Waals surface area (Å²) in [6.45, 7) is 6.22. The minimum absolute atomic E-state index is 0.108. The standard InChI is InChI=1S/C14H26N2O2/c1-10-9-18-7-6-16(10)14(17)11(2)12-4-3-5-13(15)8-12/h10-13H,3-9,15H2,1-2H3. The molecule has 2 N–H and O–H groups in total. The maximum atomic E-state index is 12.5. The van der Waals surface area contributed by atoms with Crippen LogP contribution in [0.5, 0.6) is 0 Å². The Hall–Kier alpha value is -0.610. The van der Waals surface area contributed by atoms with Crippen LogP contribution >= 0.6 is 0 Å². The molecule has 2 rings (SSSR count). The van der Waals surface area contributed by atoms with E-state index in [9.17, 15) is 4.79 Å². The van der Waals surface area contributed by atoms with Gasteiger partial charge in [0, 0.05) is 18.5 Å². The van der Waals surface area contributed by atoms with Crippen molar-refractivity contribution in [1.29, 1.82) is 0 Å². The fourth-order valence-electron chi connectivity index (χ4n) is 3.24. The molecule has 4 nitrogen and oxygen atoms in total. The summed E-state index contributed by atoms with van der Waals surface area (Å²) in [6.07, 6.45) is 4.44. The molecule has 18 heavy (non-hydrogen) atoms. The highest BCUT2D eigenvalue weighted by atomic mass is 16.5. The SMILES string of the molecule is CC(C(=O)N1CCOCC1C)C1CCCC(N)C1. The number of carbonyl (C=O) groups excluding carboxylic acids is 1. The zero-order chi connectivity index (χ0) is 13.1. The Morgan fingerprint density at radius 3 is 2.89 bits per heavy atom. The average Bonchev–Trinajstić information content (AvgIpc) is 2.37. The van der Waals surface area contributed by atoms with E-state index in [1.54, 1.807) is 0 Å². The molecular weight excluding hydrogens is 228 g/mol. The molecule has 0 aromatic heterocycles. The van der Waals surface area contributed by atoms with Crippen molar-refractivity contribution >= 4 is 5.91 Å². The molecule has 1 aliphatic heterocycles. The first-order valence-electron chi connectivity index (χ1n) is 7.23. The average molecular weight is 254 g/mol. The number of morpholine rings is 1. The van der Waals surface area contributed by atoms with E-state index in [-0.39, 0.29) is 12.0 Å². The molecule has 1 amide bonds. The minimum Gasteiger partial charge on any atom is -0.377 e. The van der Waals surface area contributed by atoms with Gasteiger partial charge in [0.15, 0.2) is 0 Å². The van der Waals surface area contributed by atoms with E-state index in [0.717, 1.165) is 25.8 Å². The van der Waals surface area contributed by atoms with Crippen molar-refractivity contribution in [2.45, 2.75) is 51.6 Å². The summed E-state index contributed by atoms with van der Waals surface area (Å²) in [5.74, 6) is 0.873. The number of nitrogens with zero attached hydrogens (tertiary/aromatic N) is 1. The van der Waals surface area contributed by atoms with Crippen LogP contribution < -0.4 is 5.73 Å². The second-order valence-corrected chi connectivity index (χ2v) is 5.93. The Kier molecular flexibility index (Phi) is 4.62. The molecule has 104 valence electrons. The van der Waals surface area contributed by atoms with E-state index in [1.165, 1.54) is 6.42 Å².